The molecule has 0 aliphatic rings. The molecule has 0 saturated carbocycles. The molecule has 3 aromatic rings. The summed E-state index contributed by atoms with van der Waals surface area (Å²) in [7, 11) is 0. The van der Waals surface area contributed by atoms with E-state index >= 15 is 0 Å². The molecule has 0 aliphatic carbocycles. The van der Waals surface area contributed by atoms with Crippen LogP contribution in [-0.4, -0.2) is 10.1 Å². The Hall–Kier alpha value is -1.52. The Morgan fingerprint density at radius 3 is 2.52 bits per heavy atom. The molecule has 21 heavy (non-hydrogen) atoms. The molecule has 0 saturated heterocycles. The van der Waals surface area contributed by atoms with Crippen molar-refractivity contribution < 1.29 is 9.50 Å². The molecule has 0 fully saturated rings. The lowest BCUT2D eigenvalue weighted by atomic mass is 10.1. The minimum atomic E-state index is -0.496. The molecule has 0 bridgehead atoms. The Morgan fingerprint density at radius 2 is 1.86 bits per heavy atom. The van der Waals surface area contributed by atoms with Gasteiger partial charge in [0, 0.05) is 20.4 Å². The van der Waals surface area contributed by atoms with Crippen molar-refractivity contribution in [3.05, 3.63) is 51.7 Å². The number of rotatable bonds is 1. The summed E-state index contributed by atoms with van der Waals surface area (Å²) < 4.78 is 14.5. The summed E-state index contributed by atoms with van der Waals surface area (Å²) in [6.45, 7) is 4.00. The maximum Gasteiger partial charge on any atom is 0.137 e. The van der Waals surface area contributed by atoms with Crippen molar-refractivity contribution in [3.63, 3.8) is 0 Å². The SMILES string of the molecule is CC.Oc1cc(Br)cc(F)c1-c1cc2cc(Cl)ccc2[nH]1. The summed E-state index contributed by atoms with van der Waals surface area (Å²) in [6, 6.07) is 9.87. The molecule has 0 aliphatic heterocycles. The number of H-pyrrole nitrogens is 1. The normalized spacial score (nSPS) is 10.3. The van der Waals surface area contributed by atoms with Crippen molar-refractivity contribution in [2.75, 3.05) is 0 Å². The number of hydrogen-bond acceptors (Lipinski definition) is 1. The van der Waals surface area contributed by atoms with Gasteiger partial charge in [0.2, 0.25) is 0 Å². The van der Waals surface area contributed by atoms with E-state index in [-0.39, 0.29) is 11.3 Å². The van der Waals surface area contributed by atoms with Crippen molar-refractivity contribution in [1.82, 2.24) is 4.98 Å². The molecule has 0 radical (unpaired) electrons. The van der Waals surface area contributed by atoms with Crippen LogP contribution in [0.25, 0.3) is 22.2 Å². The highest BCUT2D eigenvalue weighted by atomic mass is 79.9. The molecule has 0 spiro atoms. The Morgan fingerprint density at radius 1 is 1.14 bits per heavy atom. The van der Waals surface area contributed by atoms with Crippen molar-refractivity contribution in [3.8, 4) is 17.0 Å². The van der Waals surface area contributed by atoms with Crippen molar-refractivity contribution in [1.29, 1.82) is 0 Å². The highest BCUT2D eigenvalue weighted by Gasteiger charge is 2.14. The van der Waals surface area contributed by atoms with Crippen LogP contribution in [0.1, 0.15) is 13.8 Å². The van der Waals surface area contributed by atoms with Gasteiger partial charge in [-0.15, -0.1) is 0 Å². The average Bonchev–Trinajstić information content (AvgIpc) is 2.82. The first-order valence-corrected chi connectivity index (χ1v) is 7.68. The molecule has 1 aromatic heterocycles. The van der Waals surface area contributed by atoms with Crippen LogP contribution in [0.3, 0.4) is 0 Å². The van der Waals surface area contributed by atoms with E-state index in [2.05, 4.69) is 20.9 Å². The zero-order chi connectivity index (χ0) is 15.6. The summed E-state index contributed by atoms with van der Waals surface area (Å²) in [4.78, 5) is 3.07. The molecule has 110 valence electrons. The highest BCUT2D eigenvalue weighted by Crippen LogP contribution is 2.35. The average molecular weight is 371 g/mol. The van der Waals surface area contributed by atoms with Crippen LogP contribution in [0, 0.1) is 5.82 Å². The minimum Gasteiger partial charge on any atom is -0.507 e. The number of hydrogen-bond donors (Lipinski definition) is 2. The van der Waals surface area contributed by atoms with Gasteiger partial charge in [-0.1, -0.05) is 41.4 Å². The number of phenols is 1. The highest BCUT2D eigenvalue weighted by molar-refractivity contribution is 9.10. The van der Waals surface area contributed by atoms with Crippen LogP contribution < -0.4 is 0 Å². The number of nitrogens with one attached hydrogen (secondary N) is 1. The van der Waals surface area contributed by atoms with Gasteiger partial charge in [-0.25, -0.2) is 4.39 Å². The first kappa shape index (κ1) is 15.9. The number of aromatic nitrogens is 1. The van der Waals surface area contributed by atoms with Gasteiger partial charge in [0.05, 0.1) is 11.3 Å². The van der Waals surface area contributed by atoms with Crippen LogP contribution in [0.4, 0.5) is 4.39 Å². The van der Waals surface area contributed by atoms with Crippen LogP contribution in [0.5, 0.6) is 5.75 Å². The maximum absolute atomic E-state index is 14.0. The first-order chi connectivity index (χ1) is 10.0. The fourth-order valence-electron chi connectivity index (χ4n) is 2.06. The zero-order valence-electron chi connectivity index (χ0n) is 11.5. The Bertz CT molecular complexity index is 762. The summed E-state index contributed by atoms with van der Waals surface area (Å²) in [6.07, 6.45) is 0. The minimum absolute atomic E-state index is 0.121. The molecular formula is C16H14BrClFNO. The van der Waals surface area contributed by atoms with Gasteiger partial charge in [0.1, 0.15) is 11.6 Å². The van der Waals surface area contributed by atoms with E-state index in [1.807, 2.05) is 19.9 Å². The van der Waals surface area contributed by atoms with Crippen molar-refractivity contribution in [2.24, 2.45) is 0 Å². The van der Waals surface area contributed by atoms with Crippen LogP contribution in [0.15, 0.2) is 40.9 Å². The lowest BCUT2D eigenvalue weighted by molar-refractivity contribution is 0.471. The van der Waals surface area contributed by atoms with E-state index in [1.54, 1.807) is 18.2 Å². The fraction of sp³-hybridized carbons (Fsp3) is 0.125. The van der Waals surface area contributed by atoms with Gasteiger partial charge in [-0.2, -0.15) is 0 Å². The lowest BCUT2D eigenvalue weighted by Gasteiger charge is -2.04. The summed E-state index contributed by atoms with van der Waals surface area (Å²) in [5, 5.41) is 11.4. The smallest absolute Gasteiger partial charge is 0.137 e. The predicted molar refractivity (Wildman–Crippen MR) is 89.4 cm³/mol. The number of phenolic OH excluding ortho intramolecular Hbond substituents is 1. The van der Waals surface area contributed by atoms with Gasteiger partial charge in [0.15, 0.2) is 0 Å². The third-order valence-electron chi connectivity index (χ3n) is 2.89. The maximum atomic E-state index is 14.0. The number of aromatic hydroxyl groups is 1. The molecule has 5 heteroatoms. The monoisotopic (exact) mass is 369 g/mol. The molecule has 3 rings (SSSR count). The van der Waals surface area contributed by atoms with Gasteiger partial charge < -0.3 is 10.1 Å². The largest absolute Gasteiger partial charge is 0.507 e. The molecule has 0 atom stereocenters. The van der Waals surface area contributed by atoms with Crippen LogP contribution >= 0.6 is 27.5 Å². The Labute approximate surface area is 135 Å². The standard InChI is InChI=1S/C14H8BrClFNO.C2H6/c15-8-5-10(17)14(13(19)6-8)12-4-7-3-9(16)1-2-11(7)18-12;1-2/h1-6,18-19H;1-2H3. The quantitative estimate of drug-likeness (QED) is 0.531. The zero-order valence-corrected chi connectivity index (χ0v) is 13.9. The molecule has 2 aromatic carbocycles. The number of aromatic amines is 1. The van der Waals surface area contributed by atoms with Gasteiger partial charge in [0.25, 0.3) is 0 Å². The summed E-state index contributed by atoms with van der Waals surface area (Å²) in [5.74, 6) is -0.617. The van der Waals surface area contributed by atoms with E-state index in [4.69, 9.17) is 11.6 Å². The fourth-order valence-corrected chi connectivity index (χ4v) is 2.66. The lowest BCUT2D eigenvalue weighted by Crippen LogP contribution is -1.86. The molecule has 0 amide bonds. The van der Waals surface area contributed by atoms with E-state index in [0.29, 0.717) is 15.2 Å². The van der Waals surface area contributed by atoms with E-state index in [0.717, 1.165) is 10.9 Å². The number of benzene rings is 2. The van der Waals surface area contributed by atoms with Crippen molar-refractivity contribution >= 4 is 38.4 Å². The van der Waals surface area contributed by atoms with Gasteiger partial charge in [-0.3, -0.25) is 0 Å². The number of halogens is 3. The Balaban J connectivity index is 0.000000774. The molecule has 2 nitrogen and oxygen atoms in total. The molecule has 1 heterocycles. The van der Waals surface area contributed by atoms with E-state index in [9.17, 15) is 9.50 Å². The van der Waals surface area contributed by atoms with Crippen LogP contribution in [-0.2, 0) is 0 Å². The third kappa shape index (κ3) is 3.22. The molecule has 2 N–H and O–H groups in total. The van der Waals surface area contributed by atoms with Crippen LogP contribution in [0.2, 0.25) is 5.02 Å². The molecule has 0 unspecified atom stereocenters. The second-order valence-electron chi connectivity index (χ2n) is 4.20. The first-order valence-electron chi connectivity index (χ1n) is 6.51. The predicted octanol–water partition coefficient (Wildman–Crippen LogP) is 6.12. The molecular weight excluding hydrogens is 357 g/mol. The van der Waals surface area contributed by atoms with Gasteiger partial charge >= 0.3 is 0 Å². The van der Waals surface area contributed by atoms with E-state index in [1.165, 1.54) is 12.1 Å². The Kier molecular flexibility index (Phi) is 4.91. The van der Waals surface area contributed by atoms with E-state index < -0.39 is 5.82 Å². The van der Waals surface area contributed by atoms with Gasteiger partial charge in [-0.05, 0) is 36.4 Å². The second-order valence-corrected chi connectivity index (χ2v) is 5.55. The van der Waals surface area contributed by atoms with Crippen molar-refractivity contribution in [2.45, 2.75) is 13.8 Å². The summed E-state index contributed by atoms with van der Waals surface area (Å²) in [5.41, 5.74) is 1.50. The summed E-state index contributed by atoms with van der Waals surface area (Å²) >= 11 is 9.05. The third-order valence-corrected chi connectivity index (χ3v) is 3.58. The topological polar surface area (TPSA) is 36.0 Å². The number of fused-ring (bicyclic) bond motifs is 1. The second kappa shape index (κ2) is 6.50.